The third-order valence-electron chi connectivity index (χ3n) is 4.93. The van der Waals surface area contributed by atoms with E-state index in [0.717, 1.165) is 19.3 Å². The second-order valence-electron chi connectivity index (χ2n) is 7.91. The monoisotopic (exact) mass is 375 g/mol. The Morgan fingerprint density at radius 1 is 1.12 bits per heavy atom. The van der Waals surface area contributed by atoms with Crippen molar-refractivity contribution in [1.82, 2.24) is 15.1 Å². The van der Waals surface area contributed by atoms with Gasteiger partial charge in [-0.2, -0.15) is 0 Å². The summed E-state index contributed by atoms with van der Waals surface area (Å²) >= 11 is 0. The minimum atomic E-state index is -1.47. The molecule has 0 spiro atoms. The Balaban J connectivity index is 0.00000312. The number of hydrogen-bond donors (Lipinski definition) is 3. The quantitative estimate of drug-likeness (QED) is 0.603. The van der Waals surface area contributed by atoms with Crippen LogP contribution in [0, 0.1) is 5.41 Å². The highest BCUT2D eigenvalue weighted by Gasteiger charge is 2.37. The molecule has 0 aromatic carbocycles. The first-order valence-corrected chi connectivity index (χ1v) is 8.88. The number of nitrogens with one attached hydrogen (secondary N) is 1. The number of carbonyl (C=O) groups excluding carboxylic acids is 2. The zero-order valence-electron chi connectivity index (χ0n) is 15.4. The summed E-state index contributed by atoms with van der Waals surface area (Å²) in [5.41, 5.74) is -0.355. The van der Waals surface area contributed by atoms with Crippen molar-refractivity contribution in [2.45, 2.75) is 58.4 Å². The van der Waals surface area contributed by atoms with E-state index in [1.54, 1.807) is 4.90 Å². The van der Waals surface area contributed by atoms with Gasteiger partial charge in [-0.05, 0) is 25.7 Å². The highest BCUT2D eigenvalue weighted by atomic mass is 35.5. The summed E-state index contributed by atoms with van der Waals surface area (Å²) in [6.07, 6.45) is 3.11. The number of nitrogens with zero attached hydrogens (tertiary/aromatic N) is 2. The molecule has 2 heterocycles. The average Bonchev–Trinajstić information content (AvgIpc) is 3.01. The number of hydrogen-bond acceptors (Lipinski definition) is 5. The Morgan fingerprint density at radius 3 is 2.24 bits per heavy atom. The van der Waals surface area contributed by atoms with E-state index in [1.165, 1.54) is 0 Å². The SMILES string of the molecule is CC(C)(C)C(=O)N1CCC(NCC(=O)N2CCC[C@H]2B(O)O)CC1.Cl. The fraction of sp³-hybridized carbons (Fsp3) is 0.875. The molecule has 0 radical (unpaired) electrons. The maximum atomic E-state index is 12.3. The molecule has 1 atom stereocenters. The minimum Gasteiger partial charge on any atom is -0.426 e. The van der Waals surface area contributed by atoms with Crippen LogP contribution in [0.2, 0.25) is 0 Å². The topological polar surface area (TPSA) is 93.1 Å². The van der Waals surface area contributed by atoms with Crippen molar-refractivity contribution in [2.75, 3.05) is 26.2 Å². The lowest BCUT2D eigenvalue weighted by atomic mass is 9.78. The zero-order valence-corrected chi connectivity index (χ0v) is 16.2. The Bertz CT molecular complexity index is 465. The largest absolute Gasteiger partial charge is 0.475 e. The van der Waals surface area contributed by atoms with E-state index < -0.39 is 13.1 Å². The lowest BCUT2D eigenvalue weighted by molar-refractivity contribution is -0.140. The molecule has 2 fully saturated rings. The maximum absolute atomic E-state index is 12.3. The molecular formula is C16H31BClN3O4. The van der Waals surface area contributed by atoms with Crippen molar-refractivity contribution in [3.63, 3.8) is 0 Å². The number of piperidine rings is 1. The van der Waals surface area contributed by atoms with Gasteiger partial charge in [0.05, 0.1) is 12.5 Å². The second-order valence-corrected chi connectivity index (χ2v) is 7.91. The molecule has 0 aromatic rings. The molecule has 144 valence electrons. The van der Waals surface area contributed by atoms with Gasteiger partial charge in [0, 0.05) is 31.1 Å². The van der Waals surface area contributed by atoms with E-state index >= 15 is 0 Å². The molecule has 2 aliphatic heterocycles. The van der Waals surface area contributed by atoms with Crippen molar-refractivity contribution in [2.24, 2.45) is 5.41 Å². The molecular weight excluding hydrogens is 344 g/mol. The van der Waals surface area contributed by atoms with E-state index in [1.807, 2.05) is 25.7 Å². The third kappa shape index (κ3) is 5.84. The summed E-state index contributed by atoms with van der Waals surface area (Å²) in [4.78, 5) is 28.0. The molecule has 25 heavy (non-hydrogen) atoms. The van der Waals surface area contributed by atoms with E-state index in [-0.39, 0.29) is 42.2 Å². The van der Waals surface area contributed by atoms with Gasteiger partial charge in [0.25, 0.3) is 0 Å². The van der Waals surface area contributed by atoms with Gasteiger partial charge in [0.1, 0.15) is 0 Å². The minimum absolute atomic E-state index is 0. The van der Waals surface area contributed by atoms with Gasteiger partial charge in [-0.1, -0.05) is 20.8 Å². The predicted octanol–water partition coefficient (Wildman–Crippen LogP) is 0.0379. The van der Waals surface area contributed by atoms with Gasteiger partial charge in [0.2, 0.25) is 11.8 Å². The molecule has 2 saturated heterocycles. The summed E-state index contributed by atoms with van der Waals surface area (Å²) < 4.78 is 0. The van der Waals surface area contributed by atoms with E-state index in [9.17, 15) is 19.6 Å². The van der Waals surface area contributed by atoms with Gasteiger partial charge in [-0.15, -0.1) is 12.4 Å². The van der Waals surface area contributed by atoms with Crippen LogP contribution in [0.5, 0.6) is 0 Å². The second kappa shape index (κ2) is 9.21. The molecule has 0 bridgehead atoms. The zero-order chi connectivity index (χ0) is 17.9. The lowest BCUT2D eigenvalue weighted by Gasteiger charge is -2.36. The van der Waals surface area contributed by atoms with Crippen LogP contribution in [0.15, 0.2) is 0 Å². The van der Waals surface area contributed by atoms with Gasteiger partial charge in [0.15, 0.2) is 0 Å². The maximum Gasteiger partial charge on any atom is 0.475 e. The Kier molecular flexibility index (Phi) is 8.18. The Hall–Kier alpha value is -0.825. The summed E-state index contributed by atoms with van der Waals surface area (Å²) in [5.74, 6) is -0.391. The highest BCUT2D eigenvalue weighted by molar-refractivity contribution is 6.43. The Morgan fingerprint density at radius 2 is 1.72 bits per heavy atom. The molecule has 7 nitrogen and oxygen atoms in total. The predicted molar refractivity (Wildman–Crippen MR) is 99.2 cm³/mol. The van der Waals surface area contributed by atoms with E-state index in [0.29, 0.717) is 26.1 Å². The fourth-order valence-corrected chi connectivity index (χ4v) is 3.51. The molecule has 0 unspecified atom stereocenters. The summed E-state index contributed by atoms with van der Waals surface area (Å²) in [5, 5.41) is 21.9. The van der Waals surface area contributed by atoms with E-state index in [4.69, 9.17) is 0 Å². The van der Waals surface area contributed by atoms with Gasteiger partial charge in [-0.3, -0.25) is 9.59 Å². The molecule has 0 aliphatic carbocycles. The average molecular weight is 376 g/mol. The summed E-state index contributed by atoms with van der Waals surface area (Å²) in [6, 6.07) is 0.220. The molecule has 9 heteroatoms. The van der Waals surface area contributed by atoms with Gasteiger partial charge >= 0.3 is 7.12 Å². The highest BCUT2D eigenvalue weighted by Crippen LogP contribution is 2.21. The molecule has 2 aliphatic rings. The number of rotatable bonds is 4. The van der Waals surface area contributed by atoms with Crippen LogP contribution < -0.4 is 5.32 Å². The number of carbonyl (C=O) groups is 2. The van der Waals surface area contributed by atoms with Crippen molar-refractivity contribution in [3.8, 4) is 0 Å². The first-order chi connectivity index (χ1) is 11.2. The standard InChI is InChI=1S/C16H30BN3O4.ClH/c1-16(2,3)15(22)19-9-6-12(7-10-19)18-11-14(21)20-8-4-5-13(20)17(23)24;/h12-13,18,23-24H,4-11H2,1-3H3;1H/t13-;/m0./s1. The number of likely N-dealkylation sites (tertiary alicyclic amines) is 2. The van der Waals surface area contributed by atoms with Crippen LogP contribution in [0.4, 0.5) is 0 Å². The van der Waals surface area contributed by atoms with Crippen molar-refractivity contribution in [3.05, 3.63) is 0 Å². The van der Waals surface area contributed by atoms with Crippen molar-refractivity contribution < 1.29 is 19.6 Å². The van der Waals surface area contributed by atoms with Crippen LogP contribution in [0.1, 0.15) is 46.5 Å². The smallest absolute Gasteiger partial charge is 0.426 e. The normalized spacial score (nSPS) is 21.9. The first kappa shape index (κ1) is 22.2. The van der Waals surface area contributed by atoms with Crippen molar-refractivity contribution in [1.29, 1.82) is 0 Å². The molecule has 0 saturated carbocycles. The van der Waals surface area contributed by atoms with Gasteiger partial charge in [-0.25, -0.2) is 0 Å². The van der Waals surface area contributed by atoms with Gasteiger partial charge < -0.3 is 25.2 Å². The van der Waals surface area contributed by atoms with Crippen molar-refractivity contribution >= 4 is 31.3 Å². The van der Waals surface area contributed by atoms with Crippen LogP contribution in [0.25, 0.3) is 0 Å². The number of amides is 2. The fourth-order valence-electron chi connectivity index (χ4n) is 3.51. The third-order valence-corrected chi connectivity index (χ3v) is 4.93. The van der Waals surface area contributed by atoms with Crippen LogP contribution in [-0.4, -0.2) is 76.9 Å². The van der Waals surface area contributed by atoms with E-state index in [2.05, 4.69) is 5.32 Å². The summed E-state index contributed by atoms with van der Waals surface area (Å²) in [7, 11) is -1.47. The van der Waals surface area contributed by atoms with Crippen LogP contribution >= 0.6 is 12.4 Å². The molecule has 2 rings (SSSR count). The van der Waals surface area contributed by atoms with Crippen LogP contribution in [0.3, 0.4) is 0 Å². The molecule has 3 N–H and O–H groups in total. The van der Waals surface area contributed by atoms with Crippen LogP contribution in [-0.2, 0) is 9.59 Å². The lowest BCUT2D eigenvalue weighted by Crippen LogP contribution is -2.52. The summed E-state index contributed by atoms with van der Waals surface area (Å²) in [6.45, 7) is 8.01. The Labute approximate surface area is 156 Å². The first-order valence-electron chi connectivity index (χ1n) is 8.88. The molecule has 2 amide bonds. The number of halogens is 1. The molecule has 0 aromatic heterocycles.